The molecular formula is C7H11N3O2S2. The van der Waals surface area contributed by atoms with Crippen LogP contribution in [-0.2, 0) is 10.0 Å². The fourth-order valence-corrected chi connectivity index (χ4v) is 3.92. The lowest BCUT2D eigenvalue weighted by atomic mass is 10.5. The van der Waals surface area contributed by atoms with Crippen molar-refractivity contribution in [3.8, 4) is 0 Å². The highest BCUT2D eigenvalue weighted by atomic mass is 32.2. The molecule has 1 fully saturated rings. The second kappa shape index (κ2) is 3.50. The van der Waals surface area contributed by atoms with E-state index in [1.807, 2.05) is 0 Å². The van der Waals surface area contributed by atoms with E-state index < -0.39 is 10.0 Å². The van der Waals surface area contributed by atoms with E-state index in [0.29, 0.717) is 0 Å². The molecule has 0 aromatic heterocycles. The molecule has 1 atom stereocenters. The first-order chi connectivity index (χ1) is 6.57. The summed E-state index contributed by atoms with van der Waals surface area (Å²) in [6.07, 6.45) is 3.32. The van der Waals surface area contributed by atoms with Crippen LogP contribution in [0.25, 0.3) is 0 Å². The Kier molecular flexibility index (Phi) is 2.48. The van der Waals surface area contributed by atoms with Gasteiger partial charge in [0.05, 0.1) is 16.6 Å². The van der Waals surface area contributed by atoms with Crippen molar-refractivity contribution in [3.05, 3.63) is 22.1 Å². The van der Waals surface area contributed by atoms with Crippen LogP contribution in [0.3, 0.4) is 0 Å². The first-order valence-electron chi connectivity index (χ1n) is 4.01. The van der Waals surface area contributed by atoms with E-state index in [4.69, 9.17) is 5.14 Å². The zero-order chi connectivity index (χ0) is 10.2. The Labute approximate surface area is 85.0 Å². The van der Waals surface area contributed by atoms with Gasteiger partial charge in [0.25, 0.3) is 0 Å². The zero-order valence-corrected chi connectivity index (χ0v) is 8.99. The average Bonchev–Trinajstić information content (AvgIpc) is 2.16. The molecular weight excluding hydrogens is 222 g/mol. The van der Waals surface area contributed by atoms with Crippen molar-refractivity contribution in [2.75, 3.05) is 12.5 Å². The van der Waals surface area contributed by atoms with Crippen LogP contribution in [0.4, 0.5) is 0 Å². The van der Waals surface area contributed by atoms with Crippen molar-refractivity contribution in [1.29, 1.82) is 0 Å². The van der Waals surface area contributed by atoms with Crippen LogP contribution in [0.1, 0.15) is 0 Å². The van der Waals surface area contributed by atoms with E-state index in [2.05, 4.69) is 10.6 Å². The molecule has 0 aliphatic carbocycles. The fraction of sp³-hybridized carbons (Fsp3) is 0.286. The Balaban J connectivity index is 2.40. The lowest BCUT2D eigenvalue weighted by molar-refractivity contribution is 0.605. The summed E-state index contributed by atoms with van der Waals surface area (Å²) in [5.74, 6) is 0.770. The molecule has 0 saturated carbocycles. The maximum Gasteiger partial charge on any atom is 0.238 e. The standard InChI is InChI=1S/C7H11N3O2S2/c8-14(11,12)6-1-2-7-10-4-9-5-13(7)3-6/h1-3,9-10H,4-5H2,(H2,8,11,12). The first kappa shape index (κ1) is 9.91. The van der Waals surface area contributed by atoms with Crippen molar-refractivity contribution < 1.29 is 8.42 Å². The molecule has 0 aromatic rings. The van der Waals surface area contributed by atoms with E-state index in [9.17, 15) is 8.42 Å². The van der Waals surface area contributed by atoms with Crippen LogP contribution in [0, 0.1) is 0 Å². The number of nitrogens with two attached hydrogens (primary N) is 1. The average molecular weight is 233 g/mol. The third kappa shape index (κ3) is 1.90. The van der Waals surface area contributed by atoms with Crippen molar-refractivity contribution in [2.45, 2.75) is 0 Å². The summed E-state index contributed by atoms with van der Waals surface area (Å²) in [6.45, 7) is 0.724. The highest BCUT2D eigenvalue weighted by Crippen LogP contribution is 2.28. The highest BCUT2D eigenvalue weighted by molar-refractivity contribution is 8.19. The van der Waals surface area contributed by atoms with Gasteiger partial charge in [-0.3, -0.25) is 5.32 Å². The fourth-order valence-electron chi connectivity index (χ4n) is 1.23. The SMILES string of the molecule is NS(=O)(=O)C1=CC=C2NCNCS2=C1. The Morgan fingerprint density at radius 1 is 1.43 bits per heavy atom. The molecule has 2 heterocycles. The lowest BCUT2D eigenvalue weighted by Crippen LogP contribution is -2.35. The molecule has 0 amide bonds. The van der Waals surface area contributed by atoms with Crippen LogP contribution in [0.2, 0.25) is 0 Å². The third-order valence-electron chi connectivity index (χ3n) is 1.91. The number of primary sulfonamides is 1. The molecule has 0 aromatic carbocycles. The number of hydrogen-bond acceptors (Lipinski definition) is 4. The number of rotatable bonds is 1. The van der Waals surface area contributed by atoms with Gasteiger partial charge in [-0.2, -0.15) is 0 Å². The molecule has 2 aliphatic heterocycles. The molecule has 1 unspecified atom stereocenters. The summed E-state index contributed by atoms with van der Waals surface area (Å²) in [7, 11) is -3.76. The Morgan fingerprint density at radius 2 is 2.21 bits per heavy atom. The summed E-state index contributed by atoms with van der Waals surface area (Å²) in [6, 6.07) is 0. The maximum absolute atomic E-state index is 11.1. The topological polar surface area (TPSA) is 84.2 Å². The molecule has 0 spiro atoms. The second-order valence-corrected chi connectivity index (χ2v) is 6.32. The van der Waals surface area contributed by atoms with Gasteiger partial charge in [-0.1, -0.05) is 0 Å². The van der Waals surface area contributed by atoms with Gasteiger partial charge in [0, 0.05) is 5.88 Å². The molecule has 0 radical (unpaired) electrons. The van der Waals surface area contributed by atoms with Gasteiger partial charge in [0.15, 0.2) is 0 Å². The van der Waals surface area contributed by atoms with Crippen molar-refractivity contribution in [3.63, 3.8) is 0 Å². The minimum absolute atomic E-state index is 0.193. The molecule has 0 bridgehead atoms. The molecule has 78 valence electrons. The predicted molar refractivity (Wildman–Crippen MR) is 58.9 cm³/mol. The van der Waals surface area contributed by atoms with Gasteiger partial charge in [0.1, 0.15) is 0 Å². The number of hydrogen-bond donors (Lipinski definition) is 3. The molecule has 4 N–H and O–H groups in total. The monoisotopic (exact) mass is 233 g/mol. The Morgan fingerprint density at radius 3 is 2.93 bits per heavy atom. The largest absolute Gasteiger partial charge is 0.368 e. The van der Waals surface area contributed by atoms with Crippen LogP contribution >= 0.6 is 10.5 Å². The van der Waals surface area contributed by atoms with Crippen molar-refractivity contribution in [2.24, 2.45) is 5.14 Å². The van der Waals surface area contributed by atoms with Gasteiger partial charge in [-0.15, -0.1) is 10.5 Å². The number of allylic oxidation sites excluding steroid dienone is 3. The zero-order valence-electron chi connectivity index (χ0n) is 7.36. The number of sulfonamides is 1. The van der Waals surface area contributed by atoms with Gasteiger partial charge >= 0.3 is 0 Å². The van der Waals surface area contributed by atoms with Crippen LogP contribution in [-0.4, -0.2) is 26.3 Å². The van der Waals surface area contributed by atoms with Crippen LogP contribution in [0.5, 0.6) is 0 Å². The number of fused-ring (bicyclic) bond motifs is 1. The Bertz CT molecular complexity index is 448. The van der Waals surface area contributed by atoms with Crippen LogP contribution in [0.15, 0.2) is 22.1 Å². The summed E-state index contributed by atoms with van der Waals surface area (Å²) in [5, 5.41) is 14.1. The third-order valence-corrected chi connectivity index (χ3v) is 4.87. The van der Waals surface area contributed by atoms with E-state index in [1.54, 1.807) is 11.4 Å². The normalized spacial score (nSPS) is 26.5. The van der Waals surface area contributed by atoms with Gasteiger partial charge < -0.3 is 5.32 Å². The Hall–Kier alpha value is -0.630. The van der Waals surface area contributed by atoms with E-state index in [-0.39, 0.29) is 15.4 Å². The van der Waals surface area contributed by atoms with Gasteiger partial charge in [-0.25, -0.2) is 13.6 Å². The number of nitrogens with one attached hydrogen (secondary N) is 2. The van der Waals surface area contributed by atoms with Gasteiger partial charge in [-0.05, 0) is 17.5 Å². The van der Waals surface area contributed by atoms with Crippen molar-refractivity contribution in [1.82, 2.24) is 10.6 Å². The second-order valence-electron chi connectivity index (χ2n) is 2.94. The van der Waals surface area contributed by atoms with Crippen LogP contribution < -0.4 is 15.8 Å². The summed E-state index contributed by atoms with van der Waals surface area (Å²) >= 11 is 0. The highest BCUT2D eigenvalue weighted by Gasteiger charge is 2.17. The van der Waals surface area contributed by atoms with E-state index in [1.165, 1.54) is 6.08 Å². The molecule has 14 heavy (non-hydrogen) atoms. The van der Waals surface area contributed by atoms with E-state index in [0.717, 1.165) is 17.6 Å². The maximum atomic E-state index is 11.1. The quantitative estimate of drug-likeness (QED) is 0.517. The van der Waals surface area contributed by atoms with E-state index >= 15 is 0 Å². The lowest BCUT2D eigenvalue weighted by Gasteiger charge is -2.24. The molecule has 5 nitrogen and oxygen atoms in total. The summed E-state index contributed by atoms with van der Waals surface area (Å²) < 4.78 is 22.1. The minimum Gasteiger partial charge on any atom is -0.368 e. The smallest absolute Gasteiger partial charge is 0.238 e. The minimum atomic E-state index is -3.56. The summed E-state index contributed by atoms with van der Waals surface area (Å²) in [4.78, 5) is 0.204. The molecule has 2 rings (SSSR count). The first-order valence-corrected chi connectivity index (χ1v) is 7.02. The molecule has 7 heteroatoms. The van der Waals surface area contributed by atoms with Crippen molar-refractivity contribution >= 4 is 25.9 Å². The molecule has 2 aliphatic rings. The van der Waals surface area contributed by atoms with Gasteiger partial charge in [0.2, 0.25) is 10.0 Å². The summed E-state index contributed by atoms with van der Waals surface area (Å²) in [5.41, 5.74) is 0. The molecule has 1 saturated heterocycles. The predicted octanol–water partition coefficient (Wildman–Crippen LogP) is -0.807.